The number of hydrogen-bond donors (Lipinski definition) is 1. The Labute approximate surface area is 142 Å². The predicted octanol–water partition coefficient (Wildman–Crippen LogP) is 3.15. The lowest BCUT2D eigenvalue weighted by molar-refractivity contribution is -0.116. The van der Waals surface area contributed by atoms with Crippen molar-refractivity contribution >= 4 is 12.0 Å². The van der Waals surface area contributed by atoms with Crippen LogP contribution in [0.1, 0.15) is 23.9 Å². The normalized spacial score (nSPS) is 11.0. The third-order valence-corrected chi connectivity index (χ3v) is 3.77. The lowest BCUT2D eigenvalue weighted by Crippen LogP contribution is -2.19. The van der Waals surface area contributed by atoms with Crippen molar-refractivity contribution in [3.63, 3.8) is 0 Å². The van der Waals surface area contributed by atoms with Gasteiger partial charge in [0.1, 0.15) is 17.4 Å². The van der Waals surface area contributed by atoms with Crippen molar-refractivity contribution in [2.75, 3.05) is 13.7 Å². The molecule has 0 spiro atoms. The number of likely N-dealkylation sites (N-methyl/N-ethyl adjacent to an activating group) is 1. The molecule has 0 radical (unpaired) electrons. The van der Waals surface area contributed by atoms with Crippen LogP contribution in [-0.4, -0.2) is 24.1 Å². The Morgan fingerprint density at radius 1 is 1.33 bits per heavy atom. The summed E-state index contributed by atoms with van der Waals surface area (Å²) >= 11 is 0. The molecule has 0 bridgehead atoms. The number of nitriles is 1. The molecule has 0 atom stereocenters. The SMILES string of the molecule is CCOc1ccc(-n2c(C)cc(/C=C(/C#N)C(=O)NC)c2C)cc1. The molecule has 1 aromatic carbocycles. The number of aromatic nitrogens is 1. The van der Waals surface area contributed by atoms with E-state index in [2.05, 4.69) is 9.88 Å². The van der Waals surface area contributed by atoms with Crippen molar-refractivity contribution < 1.29 is 9.53 Å². The van der Waals surface area contributed by atoms with Crippen LogP contribution in [0.4, 0.5) is 0 Å². The van der Waals surface area contributed by atoms with Crippen molar-refractivity contribution in [1.29, 1.82) is 5.26 Å². The summed E-state index contributed by atoms with van der Waals surface area (Å²) in [5.41, 5.74) is 3.93. The van der Waals surface area contributed by atoms with Gasteiger partial charge in [-0.3, -0.25) is 4.79 Å². The zero-order valence-corrected chi connectivity index (χ0v) is 14.4. The average Bonchev–Trinajstić information content (AvgIpc) is 2.87. The summed E-state index contributed by atoms with van der Waals surface area (Å²) in [6.07, 6.45) is 1.62. The topological polar surface area (TPSA) is 67.0 Å². The summed E-state index contributed by atoms with van der Waals surface area (Å²) in [5, 5.41) is 11.6. The Morgan fingerprint density at radius 2 is 2.00 bits per heavy atom. The first-order valence-electron chi connectivity index (χ1n) is 7.77. The van der Waals surface area contributed by atoms with Gasteiger partial charge < -0.3 is 14.6 Å². The number of carbonyl (C=O) groups is 1. The molecule has 0 unspecified atom stereocenters. The largest absolute Gasteiger partial charge is 0.494 e. The van der Waals surface area contributed by atoms with E-state index >= 15 is 0 Å². The van der Waals surface area contributed by atoms with Crippen LogP contribution >= 0.6 is 0 Å². The number of nitrogens with zero attached hydrogens (tertiary/aromatic N) is 2. The second-order valence-corrected chi connectivity index (χ2v) is 5.34. The first-order chi connectivity index (χ1) is 11.5. The van der Waals surface area contributed by atoms with Gasteiger partial charge in [-0.05, 0) is 62.7 Å². The quantitative estimate of drug-likeness (QED) is 0.679. The van der Waals surface area contributed by atoms with Crippen LogP contribution in [0.3, 0.4) is 0 Å². The molecule has 0 saturated heterocycles. The van der Waals surface area contributed by atoms with Gasteiger partial charge in [0.05, 0.1) is 6.61 Å². The maximum Gasteiger partial charge on any atom is 0.261 e. The number of benzene rings is 1. The third kappa shape index (κ3) is 3.49. The van der Waals surface area contributed by atoms with Crippen molar-refractivity contribution in [2.24, 2.45) is 0 Å². The molecule has 24 heavy (non-hydrogen) atoms. The summed E-state index contributed by atoms with van der Waals surface area (Å²) in [6, 6.07) is 11.7. The van der Waals surface area contributed by atoms with Crippen LogP contribution in [0.5, 0.6) is 5.75 Å². The first-order valence-corrected chi connectivity index (χ1v) is 7.77. The molecular formula is C19H21N3O2. The van der Waals surface area contributed by atoms with Gasteiger partial charge in [0.25, 0.3) is 5.91 Å². The van der Waals surface area contributed by atoms with Crippen LogP contribution in [-0.2, 0) is 4.79 Å². The van der Waals surface area contributed by atoms with E-state index < -0.39 is 0 Å². The highest BCUT2D eigenvalue weighted by Gasteiger charge is 2.12. The summed E-state index contributed by atoms with van der Waals surface area (Å²) in [7, 11) is 1.51. The average molecular weight is 323 g/mol. The molecule has 0 aliphatic rings. The molecule has 2 rings (SSSR count). The van der Waals surface area contributed by atoms with E-state index in [-0.39, 0.29) is 11.5 Å². The van der Waals surface area contributed by atoms with Crippen molar-refractivity contribution in [1.82, 2.24) is 9.88 Å². The predicted molar refractivity (Wildman–Crippen MR) is 94.1 cm³/mol. The summed E-state index contributed by atoms with van der Waals surface area (Å²) < 4.78 is 7.55. The summed E-state index contributed by atoms with van der Waals surface area (Å²) in [4.78, 5) is 11.7. The number of amides is 1. The van der Waals surface area contributed by atoms with Crippen LogP contribution in [0, 0.1) is 25.2 Å². The highest BCUT2D eigenvalue weighted by molar-refractivity contribution is 6.01. The van der Waals surface area contributed by atoms with Crippen molar-refractivity contribution in [3.05, 3.63) is 52.9 Å². The van der Waals surface area contributed by atoms with E-state index in [1.165, 1.54) is 7.05 Å². The Hall–Kier alpha value is -3.00. The number of ether oxygens (including phenoxy) is 1. The molecule has 0 saturated carbocycles. The Morgan fingerprint density at radius 3 is 2.54 bits per heavy atom. The smallest absolute Gasteiger partial charge is 0.261 e. The van der Waals surface area contributed by atoms with Crippen LogP contribution < -0.4 is 10.1 Å². The Bertz CT molecular complexity index is 808. The Balaban J connectivity index is 2.44. The van der Waals surface area contributed by atoms with Gasteiger partial charge in [0.15, 0.2) is 0 Å². The summed E-state index contributed by atoms with van der Waals surface area (Å²) in [5.74, 6) is 0.443. The highest BCUT2D eigenvalue weighted by atomic mass is 16.5. The van der Waals surface area contributed by atoms with Crippen LogP contribution in [0.2, 0.25) is 0 Å². The molecule has 0 aliphatic heterocycles. The minimum absolute atomic E-state index is 0.0874. The molecule has 0 fully saturated rings. The standard InChI is InChI=1S/C19H21N3O2/c1-5-24-18-8-6-17(7-9-18)22-13(2)10-15(14(22)3)11-16(12-20)19(23)21-4/h6-11H,5H2,1-4H3,(H,21,23)/b16-11-. The third-order valence-electron chi connectivity index (χ3n) is 3.77. The molecule has 1 aromatic heterocycles. The lowest BCUT2D eigenvalue weighted by atomic mass is 10.1. The number of aryl methyl sites for hydroxylation is 1. The molecule has 124 valence electrons. The molecule has 5 nitrogen and oxygen atoms in total. The van der Waals surface area contributed by atoms with Gasteiger partial charge in [-0.15, -0.1) is 0 Å². The molecule has 1 heterocycles. The van der Waals surface area contributed by atoms with E-state index in [0.29, 0.717) is 6.61 Å². The van der Waals surface area contributed by atoms with Gasteiger partial charge in [0, 0.05) is 24.1 Å². The number of nitrogens with one attached hydrogen (secondary N) is 1. The monoisotopic (exact) mass is 323 g/mol. The zero-order chi connectivity index (χ0) is 17.7. The molecule has 1 N–H and O–H groups in total. The van der Waals surface area contributed by atoms with Gasteiger partial charge in [0.2, 0.25) is 0 Å². The number of carbonyl (C=O) groups excluding carboxylic acids is 1. The highest BCUT2D eigenvalue weighted by Crippen LogP contribution is 2.24. The van der Waals surface area contributed by atoms with Crippen molar-refractivity contribution in [3.8, 4) is 17.5 Å². The maximum atomic E-state index is 11.7. The van der Waals surface area contributed by atoms with E-state index in [9.17, 15) is 4.79 Å². The van der Waals surface area contributed by atoms with E-state index in [0.717, 1.165) is 28.4 Å². The second-order valence-electron chi connectivity index (χ2n) is 5.34. The lowest BCUT2D eigenvalue weighted by Gasteiger charge is -2.11. The van der Waals surface area contributed by atoms with Gasteiger partial charge in [-0.1, -0.05) is 0 Å². The molecule has 2 aromatic rings. The Kier molecular flexibility index (Phi) is 5.43. The minimum Gasteiger partial charge on any atom is -0.494 e. The zero-order valence-electron chi connectivity index (χ0n) is 14.4. The van der Waals surface area contributed by atoms with E-state index in [1.54, 1.807) is 6.08 Å². The van der Waals surface area contributed by atoms with Gasteiger partial charge in [-0.25, -0.2) is 0 Å². The molecular weight excluding hydrogens is 302 g/mol. The first kappa shape index (κ1) is 17.4. The van der Waals surface area contributed by atoms with Crippen molar-refractivity contribution in [2.45, 2.75) is 20.8 Å². The molecule has 5 heteroatoms. The van der Waals surface area contributed by atoms with Crippen LogP contribution in [0.25, 0.3) is 11.8 Å². The van der Waals surface area contributed by atoms with E-state index in [4.69, 9.17) is 10.00 Å². The fraction of sp³-hybridized carbons (Fsp3) is 0.263. The molecule has 0 aliphatic carbocycles. The molecule has 1 amide bonds. The van der Waals surface area contributed by atoms with Crippen LogP contribution in [0.15, 0.2) is 35.9 Å². The minimum atomic E-state index is -0.386. The van der Waals surface area contributed by atoms with Gasteiger partial charge >= 0.3 is 0 Å². The number of hydrogen-bond acceptors (Lipinski definition) is 3. The fourth-order valence-electron chi connectivity index (χ4n) is 2.63. The fourth-order valence-corrected chi connectivity index (χ4v) is 2.63. The maximum absolute atomic E-state index is 11.7. The summed E-state index contributed by atoms with van der Waals surface area (Å²) in [6.45, 7) is 6.54. The van der Waals surface area contributed by atoms with E-state index in [1.807, 2.05) is 57.2 Å². The van der Waals surface area contributed by atoms with Gasteiger partial charge in [-0.2, -0.15) is 5.26 Å². The number of rotatable bonds is 5. The second kappa shape index (κ2) is 7.51.